The van der Waals surface area contributed by atoms with Crippen molar-refractivity contribution >= 4 is 0 Å². The molecule has 1 radical (unpaired) electrons. The smallest absolute Gasteiger partial charge is 0.346 e. The Morgan fingerprint density at radius 3 is 1.20 bits per heavy atom. The Morgan fingerprint density at radius 2 is 1.20 bits per heavy atom. The first kappa shape index (κ1) is 9.14. The van der Waals surface area contributed by atoms with E-state index in [1.54, 1.807) is 0 Å². The van der Waals surface area contributed by atoms with E-state index in [2.05, 4.69) is 13.8 Å². The van der Waals surface area contributed by atoms with Gasteiger partial charge in [-0.05, 0) is 0 Å². The molecule has 1 heteroatoms. The van der Waals surface area contributed by atoms with Crippen molar-refractivity contribution in [3.8, 4) is 0 Å². The van der Waals surface area contributed by atoms with Gasteiger partial charge in [-0.1, -0.05) is 0 Å². The first-order chi connectivity index (χ1) is 1.91. The van der Waals surface area contributed by atoms with Crippen LogP contribution in [-0.4, -0.2) is 0 Å². The second-order valence-electron chi connectivity index (χ2n) is 0.707. The van der Waals surface area contributed by atoms with Crippen LogP contribution in [0.4, 0.5) is 0 Å². The van der Waals surface area contributed by atoms with Gasteiger partial charge in [-0.3, -0.25) is 0 Å². The topological polar surface area (TPSA) is 0 Å². The molecular formula is C4H8V. The molecule has 29 valence electrons. The van der Waals surface area contributed by atoms with Crippen LogP contribution in [0.1, 0.15) is 12.8 Å². The fraction of sp³-hybridized carbons (Fsp3) is 0.500. The number of hydrogen-bond donors (Lipinski definition) is 0. The summed E-state index contributed by atoms with van der Waals surface area (Å²) in [5.74, 6) is 0. The molecule has 0 aliphatic carbocycles. The van der Waals surface area contributed by atoms with Gasteiger partial charge >= 0.3 is 18.6 Å². The summed E-state index contributed by atoms with van der Waals surface area (Å²) in [5.41, 5.74) is 0. The maximum absolute atomic E-state index is 3.54. The average molecular weight is 107 g/mol. The summed E-state index contributed by atoms with van der Waals surface area (Å²) in [7, 11) is 0. The van der Waals surface area contributed by atoms with Crippen LogP contribution in [0.5, 0.6) is 0 Å². The number of rotatable bonds is 1. The van der Waals surface area contributed by atoms with E-state index in [0.717, 1.165) is 12.8 Å². The third-order valence-corrected chi connectivity index (χ3v) is 0.250. The summed E-state index contributed by atoms with van der Waals surface area (Å²) in [6.07, 6.45) is 1.92. The third kappa shape index (κ3) is 12.2. The molecule has 0 unspecified atom stereocenters. The molecule has 0 bridgehead atoms. The zero-order chi connectivity index (χ0) is 3.41. The zero-order valence-corrected chi connectivity index (χ0v) is 4.67. The molecule has 0 atom stereocenters. The molecule has 0 aromatic heterocycles. The van der Waals surface area contributed by atoms with Crippen LogP contribution >= 0.6 is 0 Å². The van der Waals surface area contributed by atoms with Crippen LogP contribution in [0.25, 0.3) is 0 Å². The molecule has 0 aromatic rings. The van der Waals surface area contributed by atoms with Gasteiger partial charge in [0.05, 0.1) is 0 Å². The molecule has 0 saturated carbocycles. The van der Waals surface area contributed by atoms with E-state index in [9.17, 15) is 0 Å². The molecule has 5 heavy (non-hydrogen) atoms. The molecule has 0 aliphatic heterocycles. The summed E-state index contributed by atoms with van der Waals surface area (Å²) in [4.78, 5) is 0. The van der Waals surface area contributed by atoms with E-state index in [0.29, 0.717) is 0 Å². The van der Waals surface area contributed by atoms with E-state index in [-0.39, 0.29) is 18.6 Å². The Hall–Kier alpha value is 0.584. The maximum Gasteiger partial charge on any atom is 2.00 e. The standard InChI is InChI=1S/C4H8.V/c1-3-4-2;/h1-4H2;/q-2;+2. The van der Waals surface area contributed by atoms with Crippen molar-refractivity contribution in [2.75, 3.05) is 0 Å². The van der Waals surface area contributed by atoms with Crippen LogP contribution in [0.15, 0.2) is 0 Å². The molecular weight excluding hydrogens is 99.0 g/mol. The van der Waals surface area contributed by atoms with E-state index < -0.39 is 0 Å². The van der Waals surface area contributed by atoms with Gasteiger partial charge in [0.25, 0.3) is 0 Å². The quantitative estimate of drug-likeness (QED) is 0.444. The normalized spacial score (nSPS) is 6.00. The molecule has 0 N–H and O–H groups in total. The van der Waals surface area contributed by atoms with E-state index in [4.69, 9.17) is 0 Å². The summed E-state index contributed by atoms with van der Waals surface area (Å²) >= 11 is 0. The van der Waals surface area contributed by atoms with Crippen molar-refractivity contribution in [2.24, 2.45) is 0 Å². The van der Waals surface area contributed by atoms with Crippen molar-refractivity contribution in [1.29, 1.82) is 0 Å². The van der Waals surface area contributed by atoms with Crippen molar-refractivity contribution in [1.82, 2.24) is 0 Å². The Bertz CT molecular complexity index is 5.61. The predicted molar refractivity (Wildman–Crippen MR) is 19.9 cm³/mol. The van der Waals surface area contributed by atoms with Gasteiger partial charge in [-0.15, -0.1) is 0 Å². The Morgan fingerprint density at radius 1 is 1.00 bits per heavy atom. The van der Waals surface area contributed by atoms with Crippen LogP contribution in [-0.2, 0) is 18.6 Å². The number of hydrogen-bond acceptors (Lipinski definition) is 0. The molecule has 0 rings (SSSR count). The van der Waals surface area contributed by atoms with Gasteiger partial charge in [-0.25, -0.2) is 12.8 Å². The minimum Gasteiger partial charge on any atom is -0.346 e. The Kier molecular flexibility index (Phi) is 16.1. The molecule has 0 heterocycles. The number of unbranched alkanes of at least 4 members (excludes halogenated alkanes) is 1. The molecule has 0 amide bonds. The zero-order valence-electron chi connectivity index (χ0n) is 3.28. The molecule has 0 spiro atoms. The molecule has 0 aromatic carbocycles. The van der Waals surface area contributed by atoms with Crippen LogP contribution in [0.3, 0.4) is 0 Å². The van der Waals surface area contributed by atoms with Gasteiger partial charge in [0, 0.05) is 0 Å². The molecule has 0 nitrogen and oxygen atoms in total. The molecule has 0 aliphatic rings. The predicted octanol–water partition coefficient (Wildman–Crippen LogP) is 1.43. The maximum atomic E-state index is 3.54. The van der Waals surface area contributed by atoms with Gasteiger partial charge in [0.1, 0.15) is 0 Å². The largest absolute Gasteiger partial charge is 2.00 e. The first-order valence-corrected chi connectivity index (χ1v) is 1.50. The second kappa shape index (κ2) is 8.82. The van der Waals surface area contributed by atoms with Crippen molar-refractivity contribution in [3.63, 3.8) is 0 Å². The fourth-order valence-electron chi connectivity index (χ4n) is 0. The van der Waals surface area contributed by atoms with Gasteiger partial charge in [-0.2, -0.15) is 0 Å². The van der Waals surface area contributed by atoms with Gasteiger partial charge in [0.15, 0.2) is 0 Å². The molecule has 0 fully saturated rings. The van der Waals surface area contributed by atoms with E-state index >= 15 is 0 Å². The van der Waals surface area contributed by atoms with Crippen LogP contribution < -0.4 is 0 Å². The summed E-state index contributed by atoms with van der Waals surface area (Å²) in [6, 6.07) is 0. The SMILES string of the molecule is [CH2-]CC[CH2-].[V+2]. The van der Waals surface area contributed by atoms with Crippen LogP contribution in [0, 0.1) is 13.8 Å². The summed E-state index contributed by atoms with van der Waals surface area (Å²) in [6.45, 7) is 7.08. The fourth-order valence-corrected chi connectivity index (χ4v) is 0. The van der Waals surface area contributed by atoms with Crippen molar-refractivity contribution in [2.45, 2.75) is 12.8 Å². The minimum absolute atomic E-state index is 0. The Labute approximate surface area is 45.8 Å². The first-order valence-electron chi connectivity index (χ1n) is 1.50. The van der Waals surface area contributed by atoms with E-state index in [1.165, 1.54) is 0 Å². The third-order valence-electron chi connectivity index (χ3n) is 0.250. The summed E-state index contributed by atoms with van der Waals surface area (Å²) < 4.78 is 0. The van der Waals surface area contributed by atoms with Crippen molar-refractivity contribution in [3.05, 3.63) is 13.8 Å². The van der Waals surface area contributed by atoms with Gasteiger partial charge in [0.2, 0.25) is 0 Å². The van der Waals surface area contributed by atoms with E-state index in [1.807, 2.05) is 0 Å². The molecule has 0 saturated heterocycles. The second-order valence-corrected chi connectivity index (χ2v) is 0.707. The van der Waals surface area contributed by atoms with Gasteiger partial charge < -0.3 is 13.8 Å². The van der Waals surface area contributed by atoms with Crippen LogP contribution in [0.2, 0.25) is 0 Å². The average Bonchev–Trinajstić information content (AvgIpc) is 1.37. The minimum atomic E-state index is 0. The Balaban J connectivity index is 0. The summed E-state index contributed by atoms with van der Waals surface area (Å²) in [5, 5.41) is 0. The monoisotopic (exact) mass is 107 g/mol. The van der Waals surface area contributed by atoms with Crippen molar-refractivity contribution < 1.29 is 18.6 Å².